The van der Waals surface area contributed by atoms with Crippen LogP contribution in [0.15, 0.2) is 0 Å². The molecule has 1 N–H and O–H groups in total. The van der Waals surface area contributed by atoms with Crippen LogP contribution in [0.4, 0.5) is 0 Å². The van der Waals surface area contributed by atoms with Gasteiger partial charge in [-0.05, 0) is 12.8 Å². The number of likely N-dealkylation sites (tertiary alicyclic amines) is 1. The van der Waals surface area contributed by atoms with Crippen LogP contribution in [0.2, 0.25) is 5.15 Å². The summed E-state index contributed by atoms with van der Waals surface area (Å²) in [5, 5.41) is 14.0. The van der Waals surface area contributed by atoms with Gasteiger partial charge in [-0.1, -0.05) is 18.5 Å². The molecule has 0 aromatic carbocycles. The number of aromatic nitrogens is 2. The van der Waals surface area contributed by atoms with Gasteiger partial charge in [0.25, 0.3) is 5.91 Å². The molecule has 6 heteroatoms. The van der Waals surface area contributed by atoms with E-state index in [0.29, 0.717) is 42.3 Å². The number of amides is 1. The Kier molecular flexibility index (Phi) is 3.40. The average Bonchev–Trinajstić information content (AvgIpc) is 2.84. The van der Waals surface area contributed by atoms with Crippen molar-refractivity contribution in [3.8, 4) is 0 Å². The second kappa shape index (κ2) is 4.66. The van der Waals surface area contributed by atoms with E-state index in [2.05, 4.69) is 5.10 Å². The third-order valence-electron chi connectivity index (χ3n) is 3.05. The summed E-state index contributed by atoms with van der Waals surface area (Å²) in [5.41, 5.74) is 1.19. The van der Waals surface area contributed by atoms with Crippen LogP contribution in [0.3, 0.4) is 0 Å². The second-order valence-electron chi connectivity index (χ2n) is 4.28. The molecule has 1 fully saturated rings. The molecule has 1 aliphatic rings. The predicted octanol–water partition coefficient (Wildman–Crippen LogP) is 0.843. The van der Waals surface area contributed by atoms with Gasteiger partial charge in [-0.2, -0.15) is 5.10 Å². The molecule has 0 aliphatic carbocycles. The van der Waals surface area contributed by atoms with Gasteiger partial charge in [0.05, 0.1) is 17.4 Å². The number of aliphatic hydroxyl groups is 1. The first-order valence-electron chi connectivity index (χ1n) is 5.73. The summed E-state index contributed by atoms with van der Waals surface area (Å²) in [6.07, 6.45) is 0.878. The Hall–Kier alpha value is -1.07. The number of carbonyl (C=O) groups excluding carboxylic acids is 1. The maximum absolute atomic E-state index is 12.3. The minimum absolute atomic E-state index is 0.128. The first-order valence-corrected chi connectivity index (χ1v) is 6.11. The van der Waals surface area contributed by atoms with Gasteiger partial charge in [0, 0.05) is 20.1 Å². The Morgan fingerprint density at radius 1 is 1.65 bits per heavy atom. The van der Waals surface area contributed by atoms with Crippen molar-refractivity contribution in [2.45, 2.75) is 25.9 Å². The Morgan fingerprint density at radius 3 is 2.88 bits per heavy atom. The van der Waals surface area contributed by atoms with Crippen molar-refractivity contribution >= 4 is 17.5 Å². The Morgan fingerprint density at radius 2 is 2.35 bits per heavy atom. The Balaban J connectivity index is 2.30. The molecule has 1 saturated heterocycles. The summed E-state index contributed by atoms with van der Waals surface area (Å²) in [7, 11) is 1.72. The number of β-amino-alcohol motifs (C(OH)–C–C–N with tert-alkyl or cyclic N) is 1. The van der Waals surface area contributed by atoms with Gasteiger partial charge in [0.2, 0.25) is 0 Å². The lowest BCUT2D eigenvalue weighted by Crippen LogP contribution is -2.30. The molecular weight excluding hydrogens is 242 g/mol. The average molecular weight is 258 g/mol. The fraction of sp³-hybridized carbons (Fsp3) is 0.636. The van der Waals surface area contributed by atoms with Crippen LogP contribution in [0, 0.1) is 0 Å². The van der Waals surface area contributed by atoms with Crippen LogP contribution in [-0.2, 0) is 13.5 Å². The highest BCUT2D eigenvalue weighted by Crippen LogP contribution is 2.23. The molecule has 1 aliphatic heterocycles. The highest BCUT2D eigenvalue weighted by molar-refractivity contribution is 6.33. The zero-order chi connectivity index (χ0) is 12.6. The van der Waals surface area contributed by atoms with Crippen LogP contribution in [0.1, 0.15) is 29.4 Å². The standard InChI is InChI=1S/C11H16ClN3O2/c1-3-8-9(10(12)14(2)13-8)11(17)15-5-4-7(16)6-15/h7,16H,3-6H2,1-2H3/t7-/m1/s1. The van der Waals surface area contributed by atoms with E-state index in [4.69, 9.17) is 11.6 Å². The predicted molar refractivity (Wildman–Crippen MR) is 64.1 cm³/mol. The van der Waals surface area contributed by atoms with Gasteiger partial charge >= 0.3 is 0 Å². The normalized spacial score (nSPS) is 20.0. The number of hydrogen-bond donors (Lipinski definition) is 1. The molecule has 0 radical (unpaired) electrons. The van der Waals surface area contributed by atoms with Gasteiger partial charge < -0.3 is 10.0 Å². The molecule has 1 aromatic rings. The van der Waals surface area contributed by atoms with Crippen molar-refractivity contribution in [1.29, 1.82) is 0 Å². The van der Waals surface area contributed by atoms with E-state index >= 15 is 0 Å². The molecule has 0 unspecified atom stereocenters. The monoisotopic (exact) mass is 257 g/mol. The van der Waals surface area contributed by atoms with Crippen LogP contribution < -0.4 is 0 Å². The molecule has 0 saturated carbocycles. The number of halogens is 1. The van der Waals surface area contributed by atoms with Crippen LogP contribution in [-0.4, -0.2) is 44.9 Å². The summed E-state index contributed by atoms with van der Waals surface area (Å²) in [6, 6.07) is 0. The number of carbonyl (C=O) groups is 1. The number of rotatable bonds is 2. The van der Waals surface area contributed by atoms with E-state index in [9.17, 15) is 9.90 Å². The van der Waals surface area contributed by atoms with Crippen molar-refractivity contribution < 1.29 is 9.90 Å². The summed E-state index contributed by atoms with van der Waals surface area (Å²) in [5.74, 6) is -0.128. The smallest absolute Gasteiger partial charge is 0.258 e. The van der Waals surface area contributed by atoms with Crippen molar-refractivity contribution in [3.05, 3.63) is 16.4 Å². The maximum Gasteiger partial charge on any atom is 0.258 e. The molecule has 94 valence electrons. The molecule has 1 amide bonds. The molecule has 2 rings (SSSR count). The number of hydrogen-bond acceptors (Lipinski definition) is 3. The second-order valence-corrected chi connectivity index (χ2v) is 4.64. The first kappa shape index (κ1) is 12.4. The van der Waals surface area contributed by atoms with Gasteiger partial charge in [0.1, 0.15) is 5.15 Å². The fourth-order valence-electron chi connectivity index (χ4n) is 2.10. The lowest BCUT2D eigenvalue weighted by molar-refractivity contribution is 0.0764. The molecule has 1 atom stereocenters. The quantitative estimate of drug-likeness (QED) is 0.854. The van der Waals surface area contributed by atoms with E-state index in [0.717, 1.165) is 0 Å². The lowest BCUT2D eigenvalue weighted by Gasteiger charge is -2.15. The van der Waals surface area contributed by atoms with Gasteiger partial charge in [-0.3, -0.25) is 9.48 Å². The lowest BCUT2D eigenvalue weighted by atomic mass is 10.2. The molecule has 5 nitrogen and oxygen atoms in total. The molecule has 0 spiro atoms. The van der Waals surface area contributed by atoms with E-state index < -0.39 is 6.10 Å². The number of aryl methyl sites for hydroxylation is 2. The van der Waals surface area contributed by atoms with Crippen molar-refractivity contribution in [2.75, 3.05) is 13.1 Å². The summed E-state index contributed by atoms with van der Waals surface area (Å²) >= 11 is 6.09. The molecule has 1 aromatic heterocycles. The summed E-state index contributed by atoms with van der Waals surface area (Å²) in [6.45, 7) is 2.90. The Labute approximate surface area is 105 Å². The molecular formula is C11H16ClN3O2. The number of aliphatic hydroxyl groups excluding tert-OH is 1. The van der Waals surface area contributed by atoms with Crippen molar-refractivity contribution in [1.82, 2.24) is 14.7 Å². The van der Waals surface area contributed by atoms with E-state index in [1.807, 2.05) is 6.92 Å². The van der Waals surface area contributed by atoms with E-state index in [1.54, 1.807) is 11.9 Å². The highest BCUT2D eigenvalue weighted by Gasteiger charge is 2.30. The first-order chi connectivity index (χ1) is 8.04. The maximum atomic E-state index is 12.3. The third kappa shape index (κ3) is 2.17. The summed E-state index contributed by atoms with van der Waals surface area (Å²) < 4.78 is 1.51. The van der Waals surface area contributed by atoms with Gasteiger partial charge in [0.15, 0.2) is 0 Å². The topological polar surface area (TPSA) is 58.4 Å². The SMILES string of the molecule is CCc1nn(C)c(Cl)c1C(=O)N1CC[C@@H](O)C1. The van der Waals surface area contributed by atoms with Crippen LogP contribution >= 0.6 is 11.6 Å². The highest BCUT2D eigenvalue weighted by atomic mass is 35.5. The van der Waals surface area contributed by atoms with Crippen molar-refractivity contribution in [3.63, 3.8) is 0 Å². The van der Waals surface area contributed by atoms with Crippen LogP contribution in [0.5, 0.6) is 0 Å². The van der Waals surface area contributed by atoms with Crippen molar-refractivity contribution in [2.24, 2.45) is 7.05 Å². The van der Waals surface area contributed by atoms with E-state index in [1.165, 1.54) is 4.68 Å². The third-order valence-corrected chi connectivity index (χ3v) is 3.48. The zero-order valence-corrected chi connectivity index (χ0v) is 10.7. The molecule has 0 bridgehead atoms. The van der Waals surface area contributed by atoms with Crippen LogP contribution in [0.25, 0.3) is 0 Å². The Bertz CT molecular complexity index is 444. The zero-order valence-electron chi connectivity index (χ0n) is 9.98. The minimum Gasteiger partial charge on any atom is -0.391 e. The fourth-order valence-corrected chi connectivity index (χ4v) is 2.33. The largest absolute Gasteiger partial charge is 0.391 e. The minimum atomic E-state index is -0.417. The van der Waals surface area contributed by atoms with Gasteiger partial charge in [-0.25, -0.2) is 0 Å². The van der Waals surface area contributed by atoms with Gasteiger partial charge in [-0.15, -0.1) is 0 Å². The number of nitrogens with zero attached hydrogens (tertiary/aromatic N) is 3. The molecule has 17 heavy (non-hydrogen) atoms. The van der Waals surface area contributed by atoms with E-state index in [-0.39, 0.29) is 5.91 Å². The summed E-state index contributed by atoms with van der Waals surface area (Å²) in [4.78, 5) is 13.9. The molecule has 2 heterocycles.